The molecule has 0 aliphatic carbocycles. The molecule has 1 nitrogen and oxygen atoms in total. The van der Waals surface area contributed by atoms with Crippen LogP contribution in [0, 0.1) is 0 Å². The van der Waals surface area contributed by atoms with E-state index in [1.54, 1.807) is 0 Å². The van der Waals surface area contributed by atoms with E-state index >= 15 is 0 Å². The van der Waals surface area contributed by atoms with Gasteiger partial charge in [-0.05, 0) is 23.1 Å². The average molecular weight is 267 g/mol. The van der Waals surface area contributed by atoms with Crippen molar-refractivity contribution in [3.8, 4) is 0 Å². The van der Waals surface area contributed by atoms with Crippen molar-refractivity contribution in [3.63, 3.8) is 0 Å². The largest absolute Gasteiger partial charge is 0.312 e. The summed E-state index contributed by atoms with van der Waals surface area (Å²) in [7, 11) is 0. The first kappa shape index (κ1) is 14.8. The zero-order valence-electron chi connectivity index (χ0n) is 12.8. The lowest BCUT2D eigenvalue weighted by molar-refractivity contribution is 0.468. The molecule has 0 aromatic heterocycles. The molecule has 0 aliphatic heterocycles. The maximum atomic E-state index is 3.62. The summed E-state index contributed by atoms with van der Waals surface area (Å²) in [5, 5.41) is 3.62. The van der Waals surface area contributed by atoms with E-state index in [9.17, 15) is 0 Å². The number of hydrogen-bond acceptors (Lipinski definition) is 1. The second-order valence-corrected chi connectivity index (χ2v) is 5.98. The predicted molar refractivity (Wildman–Crippen MR) is 87.0 cm³/mol. The second-order valence-electron chi connectivity index (χ2n) is 5.98. The highest BCUT2D eigenvalue weighted by atomic mass is 14.9. The van der Waals surface area contributed by atoms with Gasteiger partial charge in [-0.3, -0.25) is 0 Å². The van der Waals surface area contributed by atoms with Crippen LogP contribution in [0.4, 0.5) is 0 Å². The Balaban J connectivity index is 1.96. The summed E-state index contributed by atoms with van der Waals surface area (Å²) in [5.74, 6) is 0. The van der Waals surface area contributed by atoms with E-state index in [1.807, 2.05) is 0 Å². The van der Waals surface area contributed by atoms with Gasteiger partial charge < -0.3 is 5.32 Å². The second kappa shape index (κ2) is 6.71. The number of hydrogen-bond donors (Lipinski definition) is 1. The van der Waals surface area contributed by atoms with Gasteiger partial charge in [0.2, 0.25) is 0 Å². The van der Waals surface area contributed by atoms with Crippen LogP contribution in [-0.2, 0) is 18.4 Å². The molecule has 0 radical (unpaired) electrons. The van der Waals surface area contributed by atoms with E-state index < -0.39 is 0 Å². The molecule has 2 aromatic rings. The highest BCUT2D eigenvalue weighted by Crippen LogP contribution is 2.22. The quantitative estimate of drug-likeness (QED) is 0.822. The van der Waals surface area contributed by atoms with Crippen LogP contribution in [0.25, 0.3) is 0 Å². The van der Waals surface area contributed by atoms with E-state index in [1.165, 1.54) is 16.7 Å². The van der Waals surface area contributed by atoms with Gasteiger partial charge in [0.25, 0.3) is 0 Å². The Labute approximate surface area is 123 Å². The minimum absolute atomic E-state index is 0.155. The Bertz CT molecular complexity index is 528. The van der Waals surface area contributed by atoms with Crippen LogP contribution in [0.1, 0.15) is 37.5 Å². The molecule has 1 heteroatoms. The van der Waals surface area contributed by atoms with Gasteiger partial charge in [0.05, 0.1) is 0 Å². The first-order valence-corrected chi connectivity index (χ1v) is 7.46. The monoisotopic (exact) mass is 267 g/mol. The van der Waals surface area contributed by atoms with Crippen molar-refractivity contribution >= 4 is 0 Å². The normalized spacial score (nSPS) is 11.6. The van der Waals surface area contributed by atoms with Gasteiger partial charge in [-0.2, -0.15) is 0 Å². The fourth-order valence-electron chi connectivity index (χ4n) is 2.58. The summed E-state index contributed by atoms with van der Waals surface area (Å²) in [6, 6.07) is 19.4. The third kappa shape index (κ3) is 3.71. The maximum Gasteiger partial charge on any atom is 0.0208 e. The zero-order chi connectivity index (χ0) is 14.4. The molecule has 106 valence electrons. The molecule has 0 saturated carbocycles. The molecule has 0 fully saturated rings. The SMILES string of the molecule is CCc1ccccc1CNCC(C)(C)c1ccccc1. The molecule has 0 spiro atoms. The number of rotatable bonds is 6. The standard InChI is InChI=1S/C19H25N/c1-4-16-10-8-9-11-17(16)14-20-15-19(2,3)18-12-6-5-7-13-18/h5-13,20H,4,14-15H2,1-3H3. The highest BCUT2D eigenvalue weighted by molar-refractivity contribution is 5.27. The lowest BCUT2D eigenvalue weighted by Crippen LogP contribution is -2.32. The molecule has 0 saturated heterocycles. The van der Waals surface area contributed by atoms with E-state index in [2.05, 4.69) is 80.7 Å². The molecule has 2 aromatic carbocycles. The number of nitrogens with one attached hydrogen (secondary N) is 1. The molecule has 0 aliphatic rings. The fourth-order valence-corrected chi connectivity index (χ4v) is 2.58. The topological polar surface area (TPSA) is 12.0 Å². The Morgan fingerprint density at radius 1 is 0.850 bits per heavy atom. The van der Waals surface area contributed by atoms with E-state index in [0.717, 1.165) is 19.5 Å². The lowest BCUT2D eigenvalue weighted by atomic mass is 9.84. The molecule has 0 bridgehead atoms. The first-order chi connectivity index (χ1) is 9.63. The number of benzene rings is 2. The van der Waals surface area contributed by atoms with Crippen LogP contribution in [-0.4, -0.2) is 6.54 Å². The van der Waals surface area contributed by atoms with Crippen molar-refractivity contribution in [2.45, 2.75) is 39.2 Å². The summed E-state index contributed by atoms with van der Waals surface area (Å²) < 4.78 is 0. The Kier molecular flexibility index (Phi) is 4.97. The summed E-state index contributed by atoms with van der Waals surface area (Å²) in [4.78, 5) is 0. The molecular weight excluding hydrogens is 242 g/mol. The molecule has 0 unspecified atom stereocenters. The van der Waals surface area contributed by atoms with Gasteiger partial charge >= 0.3 is 0 Å². The van der Waals surface area contributed by atoms with Crippen molar-refractivity contribution in [2.75, 3.05) is 6.54 Å². The van der Waals surface area contributed by atoms with Gasteiger partial charge in [0.15, 0.2) is 0 Å². The van der Waals surface area contributed by atoms with Gasteiger partial charge in [-0.25, -0.2) is 0 Å². The molecule has 2 rings (SSSR count). The Morgan fingerprint density at radius 3 is 2.10 bits per heavy atom. The number of aryl methyl sites for hydroxylation is 1. The van der Waals surface area contributed by atoms with E-state index in [4.69, 9.17) is 0 Å². The van der Waals surface area contributed by atoms with Crippen molar-refractivity contribution in [2.24, 2.45) is 0 Å². The fraction of sp³-hybridized carbons (Fsp3) is 0.368. The molecule has 0 amide bonds. The highest BCUT2D eigenvalue weighted by Gasteiger charge is 2.19. The lowest BCUT2D eigenvalue weighted by Gasteiger charge is -2.26. The van der Waals surface area contributed by atoms with Crippen molar-refractivity contribution < 1.29 is 0 Å². The molecule has 20 heavy (non-hydrogen) atoms. The first-order valence-electron chi connectivity index (χ1n) is 7.46. The van der Waals surface area contributed by atoms with Crippen LogP contribution >= 0.6 is 0 Å². The molecular formula is C19H25N. The molecule has 0 atom stereocenters. The average Bonchev–Trinajstić information content (AvgIpc) is 2.48. The van der Waals surface area contributed by atoms with Crippen LogP contribution in [0.15, 0.2) is 54.6 Å². The molecule has 0 heterocycles. The van der Waals surface area contributed by atoms with E-state index in [-0.39, 0.29) is 5.41 Å². The summed E-state index contributed by atoms with van der Waals surface area (Å²) in [5.41, 5.74) is 4.40. The van der Waals surface area contributed by atoms with E-state index in [0.29, 0.717) is 0 Å². The smallest absolute Gasteiger partial charge is 0.0208 e. The van der Waals surface area contributed by atoms with Crippen LogP contribution < -0.4 is 5.32 Å². The third-order valence-electron chi connectivity index (χ3n) is 3.94. The Morgan fingerprint density at radius 2 is 1.45 bits per heavy atom. The van der Waals surface area contributed by atoms with Crippen LogP contribution in [0.2, 0.25) is 0 Å². The zero-order valence-corrected chi connectivity index (χ0v) is 12.8. The van der Waals surface area contributed by atoms with Crippen molar-refractivity contribution in [1.82, 2.24) is 5.32 Å². The van der Waals surface area contributed by atoms with Gasteiger partial charge in [0, 0.05) is 18.5 Å². The minimum Gasteiger partial charge on any atom is -0.312 e. The van der Waals surface area contributed by atoms with Crippen molar-refractivity contribution in [1.29, 1.82) is 0 Å². The van der Waals surface area contributed by atoms with Crippen LogP contribution in [0.3, 0.4) is 0 Å². The van der Waals surface area contributed by atoms with Gasteiger partial charge in [-0.1, -0.05) is 75.4 Å². The van der Waals surface area contributed by atoms with Gasteiger partial charge in [-0.15, -0.1) is 0 Å². The summed E-state index contributed by atoms with van der Waals surface area (Å²) in [6.07, 6.45) is 1.10. The predicted octanol–water partition coefficient (Wildman–Crippen LogP) is 4.32. The summed E-state index contributed by atoms with van der Waals surface area (Å²) in [6.45, 7) is 8.73. The van der Waals surface area contributed by atoms with Crippen molar-refractivity contribution in [3.05, 3.63) is 71.3 Å². The maximum absolute atomic E-state index is 3.62. The van der Waals surface area contributed by atoms with Crippen LogP contribution in [0.5, 0.6) is 0 Å². The van der Waals surface area contributed by atoms with Gasteiger partial charge in [0.1, 0.15) is 0 Å². The molecule has 1 N–H and O–H groups in total. The minimum atomic E-state index is 0.155. The third-order valence-corrected chi connectivity index (χ3v) is 3.94. The Hall–Kier alpha value is -1.60. The summed E-state index contributed by atoms with van der Waals surface area (Å²) >= 11 is 0.